The van der Waals surface area contributed by atoms with Gasteiger partial charge in [0.15, 0.2) is 23.1 Å². The van der Waals surface area contributed by atoms with E-state index < -0.39 is 23.7 Å². The smallest absolute Gasteiger partial charge is 0.393 e. The van der Waals surface area contributed by atoms with E-state index >= 15 is 0 Å². The highest BCUT2D eigenvalue weighted by atomic mass is 19.4. The van der Waals surface area contributed by atoms with E-state index in [4.69, 9.17) is 10.5 Å². The third-order valence-corrected chi connectivity index (χ3v) is 5.63. The summed E-state index contributed by atoms with van der Waals surface area (Å²) in [6.45, 7) is 0.829. The zero-order chi connectivity index (χ0) is 23.8. The molecule has 0 spiro atoms. The second kappa shape index (κ2) is 9.08. The predicted molar refractivity (Wildman–Crippen MR) is 111 cm³/mol. The fourth-order valence-electron chi connectivity index (χ4n) is 3.67. The number of alkyl halides is 3. The Bertz CT molecular complexity index is 1140. The third-order valence-electron chi connectivity index (χ3n) is 5.63. The van der Waals surface area contributed by atoms with Gasteiger partial charge in [0.2, 0.25) is 0 Å². The number of halogens is 5. The van der Waals surface area contributed by atoms with Crippen molar-refractivity contribution in [2.75, 3.05) is 25.9 Å². The molecule has 3 N–H and O–H groups in total. The molecule has 12 heteroatoms. The topological polar surface area (TPSA) is 90.4 Å². The first-order valence-corrected chi connectivity index (χ1v) is 10.5. The molecule has 178 valence electrons. The average molecular weight is 470 g/mol. The summed E-state index contributed by atoms with van der Waals surface area (Å²) in [7, 11) is 1.57. The molecule has 4 heterocycles. The maximum atomic E-state index is 14.1. The number of hydrogen-bond acceptors (Lipinski definition) is 6. The average Bonchev–Trinajstić information content (AvgIpc) is 3.56. The van der Waals surface area contributed by atoms with E-state index in [0.717, 1.165) is 25.1 Å². The van der Waals surface area contributed by atoms with Gasteiger partial charge in [0, 0.05) is 24.6 Å². The van der Waals surface area contributed by atoms with Crippen molar-refractivity contribution in [2.45, 2.75) is 37.8 Å². The van der Waals surface area contributed by atoms with Crippen molar-refractivity contribution in [3.05, 3.63) is 35.7 Å². The second-order valence-electron chi connectivity index (χ2n) is 8.06. The summed E-state index contributed by atoms with van der Waals surface area (Å²) in [5.74, 6) is -2.20. The maximum Gasteiger partial charge on any atom is 0.393 e. The van der Waals surface area contributed by atoms with Gasteiger partial charge in [0.25, 0.3) is 0 Å². The highest BCUT2D eigenvalue weighted by molar-refractivity contribution is 5.63. The predicted octanol–water partition coefficient (Wildman–Crippen LogP) is 4.09. The molecule has 3 aromatic rings. The number of fused-ring (bicyclic) bond motifs is 1. The number of nitrogens with two attached hydrogens (primary N) is 1. The van der Waals surface area contributed by atoms with Crippen LogP contribution in [0.5, 0.6) is 5.75 Å². The summed E-state index contributed by atoms with van der Waals surface area (Å²) in [5, 5.41) is 7.25. The number of pyridine rings is 1. The molecule has 0 bridgehead atoms. The van der Waals surface area contributed by atoms with Crippen molar-refractivity contribution in [3.63, 3.8) is 0 Å². The highest BCUT2D eigenvalue weighted by Crippen LogP contribution is 2.43. The molecule has 2 fully saturated rings. The van der Waals surface area contributed by atoms with E-state index in [1.54, 1.807) is 13.2 Å². The number of ether oxygens (including phenoxy) is 1. The van der Waals surface area contributed by atoms with Gasteiger partial charge < -0.3 is 15.8 Å². The molecule has 0 aromatic carbocycles. The Balaban J connectivity index is 0.000000219. The normalized spacial score (nSPS) is 18.7. The number of nitrogen functional groups attached to an aromatic ring is 1. The highest BCUT2D eigenvalue weighted by Gasteiger charge is 2.39. The molecule has 1 aliphatic carbocycles. The number of nitrogens with zero attached hydrogens (tertiary/aromatic N) is 4. The first-order valence-electron chi connectivity index (χ1n) is 10.5. The van der Waals surface area contributed by atoms with Gasteiger partial charge in [-0.1, -0.05) is 0 Å². The molecule has 0 amide bonds. The van der Waals surface area contributed by atoms with Crippen molar-refractivity contribution in [1.29, 1.82) is 0 Å². The number of rotatable bonds is 3. The van der Waals surface area contributed by atoms with Crippen LogP contribution in [0, 0.1) is 17.6 Å². The number of imidazole rings is 1. The number of hydrogen-bond donors (Lipinski definition) is 2. The van der Waals surface area contributed by atoms with Crippen molar-refractivity contribution in [2.24, 2.45) is 5.92 Å². The van der Waals surface area contributed by atoms with Gasteiger partial charge in [-0.3, -0.25) is 0 Å². The van der Waals surface area contributed by atoms with Crippen LogP contribution in [0.4, 0.5) is 27.8 Å². The van der Waals surface area contributed by atoms with Gasteiger partial charge in [0.1, 0.15) is 22.8 Å². The molecule has 0 radical (unpaired) electrons. The molecule has 1 aliphatic heterocycles. The number of nitrogens with one attached hydrogen (secondary N) is 1. The zero-order valence-electron chi connectivity index (χ0n) is 17.8. The number of aromatic nitrogens is 4. The summed E-state index contributed by atoms with van der Waals surface area (Å²) in [6.07, 6.45) is 0.444. The summed E-state index contributed by atoms with van der Waals surface area (Å²) < 4.78 is 69.9. The van der Waals surface area contributed by atoms with Gasteiger partial charge >= 0.3 is 6.18 Å². The quantitative estimate of drug-likeness (QED) is 0.561. The largest absolute Gasteiger partial charge is 0.495 e. The summed E-state index contributed by atoms with van der Waals surface area (Å²) in [4.78, 5) is 7.99. The van der Waals surface area contributed by atoms with Gasteiger partial charge in [0.05, 0.1) is 19.2 Å². The van der Waals surface area contributed by atoms with Crippen molar-refractivity contribution < 1.29 is 26.7 Å². The number of methoxy groups -OCH3 is 1. The Morgan fingerprint density at radius 2 is 1.91 bits per heavy atom. The van der Waals surface area contributed by atoms with Gasteiger partial charge in [-0.05, 0) is 32.2 Å². The van der Waals surface area contributed by atoms with E-state index in [1.807, 2.05) is 0 Å². The Labute approximate surface area is 186 Å². The minimum atomic E-state index is -3.99. The first kappa shape index (κ1) is 23.1. The fourth-order valence-corrected chi connectivity index (χ4v) is 3.67. The van der Waals surface area contributed by atoms with Crippen LogP contribution in [0.1, 0.15) is 37.3 Å². The Morgan fingerprint density at radius 3 is 2.48 bits per heavy atom. The molecule has 33 heavy (non-hydrogen) atoms. The van der Waals surface area contributed by atoms with Gasteiger partial charge in [-0.25, -0.2) is 23.3 Å². The summed E-state index contributed by atoms with van der Waals surface area (Å²) in [5.41, 5.74) is 6.97. The lowest BCUT2D eigenvalue weighted by Gasteiger charge is -2.24. The monoisotopic (exact) mass is 470 g/mol. The Kier molecular flexibility index (Phi) is 6.37. The molecule has 1 saturated heterocycles. The van der Waals surface area contributed by atoms with Gasteiger partial charge in [-0.15, -0.1) is 0 Å². The van der Waals surface area contributed by atoms with Crippen LogP contribution in [0.2, 0.25) is 0 Å². The van der Waals surface area contributed by atoms with E-state index in [1.165, 1.54) is 10.7 Å². The van der Waals surface area contributed by atoms with E-state index in [-0.39, 0.29) is 24.5 Å². The zero-order valence-corrected chi connectivity index (χ0v) is 17.8. The minimum Gasteiger partial charge on any atom is -0.495 e. The molecule has 1 unspecified atom stereocenters. The molecule has 7 nitrogen and oxygen atoms in total. The van der Waals surface area contributed by atoms with Crippen LogP contribution in [-0.4, -0.2) is 46.0 Å². The van der Waals surface area contributed by atoms with Gasteiger partial charge in [-0.2, -0.15) is 18.3 Å². The molecule has 1 saturated carbocycles. The van der Waals surface area contributed by atoms with Crippen molar-refractivity contribution in [3.8, 4) is 17.1 Å². The van der Waals surface area contributed by atoms with Crippen LogP contribution >= 0.6 is 0 Å². The lowest BCUT2D eigenvalue weighted by Crippen LogP contribution is -2.38. The minimum absolute atomic E-state index is 0.0872. The lowest BCUT2D eigenvalue weighted by molar-refractivity contribution is -0.177. The molecular formula is C21H23F5N6O. The second-order valence-corrected chi connectivity index (χ2v) is 8.06. The number of piperidine rings is 1. The maximum absolute atomic E-state index is 14.1. The molecule has 2 aliphatic rings. The fraction of sp³-hybridized carbons (Fsp3) is 0.476. The van der Waals surface area contributed by atoms with Crippen LogP contribution < -0.4 is 15.8 Å². The molecule has 3 aromatic heterocycles. The standard InChI is InChI=1S/C15H13F2N5O.C6H10F3N/c1-23-11-5-12-19-6-10(22(12)21-13(11)7-2-3-7)14-8(16)4-9(17)15(18)20-14;7-6(8,9)5-2-1-3-10-4-5/h4-7H,2-3H2,1H3,(H2,18,20);5,10H,1-4H2. The SMILES string of the molecule is COc1cc2ncc(-c3nc(N)c(F)cc3F)n2nc1C1CC1.FC(F)(F)C1CCCNC1. The lowest BCUT2D eigenvalue weighted by atomic mass is 9.99. The van der Waals surface area contributed by atoms with Crippen LogP contribution in [-0.2, 0) is 0 Å². The van der Waals surface area contributed by atoms with Crippen molar-refractivity contribution >= 4 is 11.5 Å². The molecule has 1 atom stereocenters. The number of anilines is 1. The van der Waals surface area contributed by atoms with Crippen molar-refractivity contribution in [1.82, 2.24) is 24.9 Å². The first-order chi connectivity index (χ1) is 15.7. The summed E-state index contributed by atoms with van der Waals surface area (Å²) in [6, 6.07) is 2.46. The van der Waals surface area contributed by atoms with Crippen LogP contribution in [0.15, 0.2) is 18.3 Å². The Morgan fingerprint density at radius 1 is 1.15 bits per heavy atom. The van der Waals surface area contributed by atoms with Crippen LogP contribution in [0.25, 0.3) is 17.0 Å². The summed E-state index contributed by atoms with van der Waals surface area (Å²) >= 11 is 0. The third kappa shape index (κ3) is 5.00. The van der Waals surface area contributed by atoms with E-state index in [0.29, 0.717) is 35.5 Å². The molecule has 5 rings (SSSR count). The Hall–Kier alpha value is -3.02. The van der Waals surface area contributed by atoms with E-state index in [2.05, 4.69) is 20.4 Å². The van der Waals surface area contributed by atoms with Crippen LogP contribution in [0.3, 0.4) is 0 Å². The van der Waals surface area contributed by atoms with E-state index in [9.17, 15) is 22.0 Å². The molecular weight excluding hydrogens is 447 g/mol.